The Morgan fingerprint density at radius 1 is 1.26 bits per heavy atom. The van der Waals surface area contributed by atoms with Crippen molar-refractivity contribution in [1.29, 1.82) is 0 Å². The number of halogens is 1. The van der Waals surface area contributed by atoms with Gasteiger partial charge in [-0.15, -0.1) is 22.7 Å². The number of aryl methyl sites for hydroxylation is 2. The SMILES string of the molecule is Cc1nc(-c2ccccc2F)sc1C(=O)Nc1nc(-c2cnn(C)c2)cs1. The molecule has 4 aromatic rings. The predicted molar refractivity (Wildman–Crippen MR) is 105 cm³/mol. The summed E-state index contributed by atoms with van der Waals surface area (Å²) in [5, 5.41) is 9.73. The predicted octanol–water partition coefficient (Wildman–Crippen LogP) is 4.37. The number of aromatic nitrogens is 4. The monoisotopic (exact) mass is 399 g/mol. The number of amides is 1. The molecular weight excluding hydrogens is 385 g/mol. The molecule has 1 aromatic carbocycles. The molecule has 0 unspecified atom stereocenters. The topological polar surface area (TPSA) is 72.7 Å². The lowest BCUT2D eigenvalue weighted by molar-refractivity contribution is 0.103. The van der Waals surface area contributed by atoms with Gasteiger partial charge >= 0.3 is 0 Å². The molecule has 0 atom stereocenters. The lowest BCUT2D eigenvalue weighted by atomic mass is 10.2. The molecule has 0 saturated carbocycles. The van der Waals surface area contributed by atoms with Crippen LogP contribution in [0.5, 0.6) is 0 Å². The first-order valence-electron chi connectivity index (χ1n) is 7.99. The first-order valence-corrected chi connectivity index (χ1v) is 9.69. The number of nitrogens with one attached hydrogen (secondary N) is 1. The van der Waals surface area contributed by atoms with E-state index in [1.54, 1.807) is 36.0 Å². The summed E-state index contributed by atoms with van der Waals surface area (Å²) in [6.07, 6.45) is 3.57. The fourth-order valence-corrected chi connectivity index (χ4v) is 4.23. The number of hydrogen-bond donors (Lipinski definition) is 1. The quantitative estimate of drug-likeness (QED) is 0.553. The molecular formula is C18H14FN5OS2. The number of carbonyl (C=O) groups is 1. The number of benzene rings is 1. The van der Waals surface area contributed by atoms with Crippen molar-refractivity contribution in [3.05, 3.63) is 58.4 Å². The van der Waals surface area contributed by atoms with Crippen LogP contribution in [-0.4, -0.2) is 25.7 Å². The van der Waals surface area contributed by atoms with E-state index in [0.29, 0.717) is 26.3 Å². The number of hydrogen-bond acceptors (Lipinski definition) is 6. The van der Waals surface area contributed by atoms with Gasteiger partial charge in [0.25, 0.3) is 5.91 Å². The Morgan fingerprint density at radius 2 is 2.07 bits per heavy atom. The summed E-state index contributed by atoms with van der Waals surface area (Å²) in [7, 11) is 1.83. The molecule has 0 aliphatic heterocycles. The summed E-state index contributed by atoms with van der Waals surface area (Å²) >= 11 is 2.49. The van der Waals surface area contributed by atoms with Gasteiger partial charge in [0.15, 0.2) is 5.13 Å². The van der Waals surface area contributed by atoms with Gasteiger partial charge in [-0.3, -0.25) is 14.8 Å². The van der Waals surface area contributed by atoms with Crippen LogP contribution in [0, 0.1) is 12.7 Å². The van der Waals surface area contributed by atoms with Crippen LogP contribution in [0.4, 0.5) is 9.52 Å². The van der Waals surface area contributed by atoms with Gasteiger partial charge in [-0.05, 0) is 19.1 Å². The van der Waals surface area contributed by atoms with Crippen molar-refractivity contribution in [3.8, 4) is 21.8 Å². The van der Waals surface area contributed by atoms with E-state index in [1.165, 1.54) is 17.4 Å². The molecule has 0 fully saturated rings. The van der Waals surface area contributed by atoms with Crippen molar-refractivity contribution in [1.82, 2.24) is 19.7 Å². The summed E-state index contributed by atoms with van der Waals surface area (Å²) in [6.45, 7) is 1.73. The zero-order chi connectivity index (χ0) is 19.0. The molecule has 0 bridgehead atoms. The smallest absolute Gasteiger partial charge is 0.269 e. The maximum absolute atomic E-state index is 14.0. The number of nitrogens with zero attached hydrogens (tertiary/aromatic N) is 4. The van der Waals surface area contributed by atoms with Crippen molar-refractivity contribution in [2.24, 2.45) is 7.05 Å². The molecule has 0 aliphatic rings. The van der Waals surface area contributed by atoms with Crippen LogP contribution in [0.15, 0.2) is 42.0 Å². The number of carbonyl (C=O) groups excluding carboxylic acids is 1. The van der Waals surface area contributed by atoms with E-state index in [-0.39, 0.29) is 11.7 Å². The minimum atomic E-state index is -0.362. The maximum Gasteiger partial charge on any atom is 0.269 e. The highest BCUT2D eigenvalue weighted by atomic mass is 32.1. The van der Waals surface area contributed by atoms with Gasteiger partial charge in [-0.25, -0.2) is 14.4 Å². The second-order valence-corrected chi connectivity index (χ2v) is 7.67. The fraction of sp³-hybridized carbons (Fsp3) is 0.111. The molecule has 0 radical (unpaired) electrons. The van der Waals surface area contributed by atoms with Crippen LogP contribution >= 0.6 is 22.7 Å². The van der Waals surface area contributed by atoms with Crippen molar-refractivity contribution >= 4 is 33.7 Å². The Balaban J connectivity index is 1.56. The van der Waals surface area contributed by atoms with Crippen LogP contribution in [0.25, 0.3) is 21.8 Å². The van der Waals surface area contributed by atoms with Gasteiger partial charge in [0.1, 0.15) is 15.7 Å². The van der Waals surface area contributed by atoms with E-state index >= 15 is 0 Å². The first-order chi connectivity index (χ1) is 13.0. The molecule has 0 saturated heterocycles. The Bertz CT molecular complexity index is 1130. The first kappa shape index (κ1) is 17.5. The standard InChI is InChI=1S/C18H14FN5OS2/c1-10-15(27-17(21-10)12-5-3-4-6-13(12)19)16(25)23-18-22-14(9-26-18)11-7-20-24(2)8-11/h3-9H,1-2H3,(H,22,23,25). The van der Waals surface area contributed by atoms with Gasteiger partial charge in [-0.1, -0.05) is 12.1 Å². The molecule has 6 nitrogen and oxygen atoms in total. The van der Waals surface area contributed by atoms with E-state index in [1.807, 2.05) is 18.6 Å². The maximum atomic E-state index is 14.0. The van der Waals surface area contributed by atoms with E-state index in [0.717, 1.165) is 22.6 Å². The van der Waals surface area contributed by atoms with E-state index in [4.69, 9.17) is 0 Å². The highest BCUT2D eigenvalue weighted by Crippen LogP contribution is 2.31. The molecule has 27 heavy (non-hydrogen) atoms. The van der Waals surface area contributed by atoms with E-state index in [9.17, 15) is 9.18 Å². The average molecular weight is 399 g/mol. The van der Waals surface area contributed by atoms with Crippen LogP contribution in [-0.2, 0) is 7.05 Å². The van der Waals surface area contributed by atoms with Crippen LogP contribution in [0.1, 0.15) is 15.4 Å². The fourth-order valence-electron chi connectivity index (χ4n) is 2.53. The molecule has 9 heteroatoms. The molecule has 0 aliphatic carbocycles. The Labute approximate surface area is 162 Å². The molecule has 1 amide bonds. The largest absolute Gasteiger partial charge is 0.297 e. The number of rotatable bonds is 4. The Hall–Kier alpha value is -2.91. The normalized spacial score (nSPS) is 10.9. The van der Waals surface area contributed by atoms with Gasteiger partial charge in [0.05, 0.1) is 17.6 Å². The zero-order valence-corrected chi connectivity index (χ0v) is 16.1. The molecule has 0 spiro atoms. The summed E-state index contributed by atoms with van der Waals surface area (Å²) in [5.41, 5.74) is 2.57. The Morgan fingerprint density at radius 3 is 2.81 bits per heavy atom. The summed E-state index contributed by atoms with van der Waals surface area (Å²) < 4.78 is 15.7. The lowest BCUT2D eigenvalue weighted by Crippen LogP contribution is -2.11. The summed E-state index contributed by atoms with van der Waals surface area (Å²) in [5.74, 6) is -0.668. The van der Waals surface area contributed by atoms with Gasteiger partial charge in [0, 0.05) is 29.8 Å². The third-order valence-corrected chi connectivity index (χ3v) is 5.78. The van der Waals surface area contributed by atoms with Crippen LogP contribution in [0.2, 0.25) is 0 Å². The molecule has 1 N–H and O–H groups in total. The van der Waals surface area contributed by atoms with Crippen LogP contribution in [0.3, 0.4) is 0 Å². The highest BCUT2D eigenvalue weighted by molar-refractivity contribution is 7.17. The minimum absolute atomic E-state index is 0.306. The average Bonchev–Trinajstić information content (AvgIpc) is 3.35. The van der Waals surface area contributed by atoms with Gasteiger partial charge in [0.2, 0.25) is 0 Å². The van der Waals surface area contributed by atoms with Crippen molar-refractivity contribution in [3.63, 3.8) is 0 Å². The Kier molecular flexibility index (Phi) is 4.54. The third-order valence-electron chi connectivity index (χ3n) is 3.83. The minimum Gasteiger partial charge on any atom is -0.297 e. The van der Waals surface area contributed by atoms with E-state index < -0.39 is 0 Å². The number of anilines is 1. The van der Waals surface area contributed by atoms with Gasteiger partial charge in [-0.2, -0.15) is 5.10 Å². The molecule has 4 rings (SSSR count). The van der Waals surface area contributed by atoms with Crippen molar-refractivity contribution < 1.29 is 9.18 Å². The molecule has 136 valence electrons. The second kappa shape index (κ2) is 7.01. The highest BCUT2D eigenvalue weighted by Gasteiger charge is 2.19. The summed E-state index contributed by atoms with van der Waals surface area (Å²) in [4.78, 5) is 21.8. The lowest BCUT2D eigenvalue weighted by Gasteiger charge is -1.99. The van der Waals surface area contributed by atoms with Crippen molar-refractivity contribution in [2.45, 2.75) is 6.92 Å². The third kappa shape index (κ3) is 3.51. The summed E-state index contributed by atoms with van der Waals surface area (Å²) in [6, 6.07) is 6.39. The van der Waals surface area contributed by atoms with Gasteiger partial charge < -0.3 is 0 Å². The molecule has 3 aromatic heterocycles. The van der Waals surface area contributed by atoms with Crippen LogP contribution < -0.4 is 5.32 Å². The second-order valence-electron chi connectivity index (χ2n) is 5.81. The zero-order valence-electron chi connectivity index (χ0n) is 14.4. The van der Waals surface area contributed by atoms with E-state index in [2.05, 4.69) is 20.4 Å². The number of thiazole rings is 2. The molecule has 3 heterocycles. The van der Waals surface area contributed by atoms with Crippen molar-refractivity contribution in [2.75, 3.05) is 5.32 Å².